The average Bonchev–Trinajstić information content (AvgIpc) is 2.80. The van der Waals surface area contributed by atoms with Gasteiger partial charge in [-0.1, -0.05) is 54.1 Å². The van der Waals surface area contributed by atoms with E-state index in [1.807, 2.05) is 42.5 Å². The summed E-state index contributed by atoms with van der Waals surface area (Å²) in [4.78, 5) is 4.67. The second-order valence-corrected chi connectivity index (χ2v) is 6.39. The molecule has 1 aliphatic carbocycles. The maximum atomic E-state index is 9.35. The molecule has 3 aromatic rings. The molecule has 1 aromatic heterocycles. The van der Waals surface area contributed by atoms with Gasteiger partial charge < -0.3 is 0 Å². The number of benzene rings is 2. The van der Waals surface area contributed by atoms with Crippen LogP contribution in [0.1, 0.15) is 27.9 Å². The van der Waals surface area contributed by atoms with Crippen LogP contribution in [0.2, 0.25) is 5.15 Å². The van der Waals surface area contributed by atoms with E-state index >= 15 is 0 Å². The van der Waals surface area contributed by atoms with Gasteiger partial charge >= 0.3 is 0 Å². The number of hydrogen-bond donors (Lipinski definition) is 0. The summed E-state index contributed by atoms with van der Waals surface area (Å²) in [6.07, 6.45) is 2.44. The molecule has 0 saturated heterocycles. The summed E-state index contributed by atoms with van der Waals surface area (Å²) in [7, 11) is 0. The van der Waals surface area contributed by atoms with Gasteiger partial charge in [-0.05, 0) is 53.6 Å². The lowest BCUT2D eigenvalue weighted by atomic mass is 9.96. The molecule has 0 saturated carbocycles. The fourth-order valence-electron chi connectivity index (χ4n) is 3.41. The van der Waals surface area contributed by atoms with Gasteiger partial charge in [-0.2, -0.15) is 5.26 Å². The Morgan fingerprint density at radius 1 is 0.958 bits per heavy atom. The third-order valence-electron chi connectivity index (χ3n) is 4.62. The van der Waals surface area contributed by atoms with Crippen molar-refractivity contribution in [2.45, 2.75) is 19.3 Å². The largest absolute Gasteiger partial charge is 0.240 e. The number of hydrogen-bond acceptors (Lipinski definition) is 2. The predicted molar refractivity (Wildman–Crippen MR) is 96.1 cm³/mol. The van der Waals surface area contributed by atoms with Crippen molar-refractivity contribution in [2.24, 2.45) is 0 Å². The molecule has 2 aromatic carbocycles. The van der Waals surface area contributed by atoms with E-state index in [0.29, 0.717) is 5.15 Å². The van der Waals surface area contributed by atoms with Crippen LogP contribution in [0.3, 0.4) is 0 Å². The van der Waals surface area contributed by atoms with Crippen molar-refractivity contribution in [3.63, 3.8) is 0 Å². The molecule has 0 N–H and O–H groups in total. The van der Waals surface area contributed by atoms with E-state index in [2.05, 4.69) is 23.2 Å². The lowest BCUT2D eigenvalue weighted by Gasteiger charge is -2.11. The Labute approximate surface area is 146 Å². The van der Waals surface area contributed by atoms with Gasteiger partial charge in [0.15, 0.2) is 0 Å². The van der Waals surface area contributed by atoms with Gasteiger partial charge in [-0.15, -0.1) is 0 Å². The normalized spacial score (nSPS) is 12.7. The standard InChI is InChI=1S/C21H15ClN2/c22-21-19(14-5-2-1-3-6-14)12-17-11-15-7-4-8-16(13-23)18(15)9-10-20(17)24-21/h1-8,12H,9-11H2. The van der Waals surface area contributed by atoms with Crippen molar-refractivity contribution >= 4 is 11.6 Å². The SMILES string of the molecule is N#Cc1cccc2c1CCc1nc(Cl)c(-c3ccccc3)cc1C2. The maximum absolute atomic E-state index is 9.35. The van der Waals surface area contributed by atoms with E-state index in [1.54, 1.807) is 0 Å². The minimum atomic E-state index is 0.548. The Balaban J connectivity index is 1.83. The molecule has 0 fully saturated rings. The molecular formula is C21H15ClN2. The van der Waals surface area contributed by atoms with E-state index in [-0.39, 0.29) is 0 Å². The monoisotopic (exact) mass is 330 g/mol. The van der Waals surface area contributed by atoms with Crippen LogP contribution < -0.4 is 0 Å². The van der Waals surface area contributed by atoms with E-state index in [0.717, 1.165) is 47.2 Å². The summed E-state index contributed by atoms with van der Waals surface area (Å²) in [6.45, 7) is 0. The second kappa shape index (κ2) is 6.11. The van der Waals surface area contributed by atoms with Crippen molar-refractivity contribution in [3.8, 4) is 17.2 Å². The van der Waals surface area contributed by atoms with Gasteiger partial charge in [-0.25, -0.2) is 4.98 Å². The van der Waals surface area contributed by atoms with E-state index in [9.17, 15) is 5.26 Å². The first-order valence-corrected chi connectivity index (χ1v) is 8.38. The lowest BCUT2D eigenvalue weighted by Crippen LogP contribution is -1.99. The van der Waals surface area contributed by atoms with Crippen molar-refractivity contribution in [2.75, 3.05) is 0 Å². The van der Waals surface area contributed by atoms with Crippen molar-refractivity contribution in [1.82, 2.24) is 4.98 Å². The number of nitrogens with zero attached hydrogens (tertiary/aromatic N) is 2. The molecule has 0 bridgehead atoms. The number of aryl methyl sites for hydroxylation is 1. The number of nitriles is 1. The highest BCUT2D eigenvalue weighted by atomic mass is 35.5. The Morgan fingerprint density at radius 3 is 2.58 bits per heavy atom. The molecule has 24 heavy (non-hydrogen) atoms. The molecule has 0 atom stereocenters. The van der Waals surface area contributed by atoms with Crippen LogP contribution in [0.25, 0.3) is 11.1 Å². The minimum absolute atomic E-state index is 0.548. The minimum Gasteiger partial charge on any atom is -0.240 e. The van der Waals surface area contributed by atoms with Gasteiger partial charge in [0, 0.05) is 11.3 Å². The van der Waals surface area contributed by atoms with Gasteiger partial charge in [0.1, 0.15) is 5.15 Å². The Kier molecular flexibility index (Phi) is 3.80. The van der Waals surface area contributed by atoms with Crippen molar-refractivity contribution in [3.05, 3.63) is 87.7 Å². The zero-order chi connectivity index (χ0) is 16.5. The molecule has 0 unspecified atom stereocenters. The average molecular weight is 331 g/mol. The highest BCUT2D eigenvalue weighted by molar-refractivity contribution is 6.32. The quantitative estimate of drug-likeness (QED) is 0.591. The molecule has 4 rings (SSSR count). The molecule has 116 valence electrons. The van der Waals surface area contributed by atoms with Crippen molar-refractivity contribution < 1.29 is 0 Å². The number of pyridine rings is 1. The van der Waals surface area contributed by atoms with Gasteiger partial charge in [-0.3, -0.25) is 0 Å². The topological polar surface area (TPSA) is 36.7 Å². The highest BCUT2D eigenvalue weighted by Gasteiger charge is 2.19. The summed E-state index contributed by atoms with van der Waals surface area (Å²) < 4.78 is 0. The number of halogens is 1. The van der Waals surface area contributed by atoms with Crippen LogP contribution in [-0.4, -0.2) is 4.98 Å². The van der Waals surface area contributed by atoms with Gasteiger partial charge in [0.05, 0.1) is 11.6 Å². The molecular weight excluding hydrogens is 316 g/mol. The number of fused-ring (bicyclic) bond motifs is 2. The zero-order valence-electron chi connectivity index (χ0n) is 13.1. The molecule has 0 spiro atoms. The zero-order valence-corrected chi connectivity index (χ0v) is 13.8. The summed E-state index contributed by atoms with van der Waals surface area (Å²) in [5, 5.41) is 9.90. The Morgan fingerprint density at radius 2 is 1.79 bits per heavy atom. The third kappa shape index (κ3) is 2.58. The van der Waals surface area contributed by atoms with E-state index in [1.165, 1.54) is 11.1 Å². The maximum Gasteiger partial charge on any atom is 0.137 e. The Bertz CT molecular complexity index is 956. The van der Waals surface area contributed by atoms with E-state index < -0.39 is 0 Å². The van der Waals surface area contributed by atoms with Crippen LogP contribution >= 0.6 is 11.6 Å². The number of aromatic nitrogens is 1. The van der Waals surface area contributed by atoms with Crippen LogP contribution in [0, 0.1) is 11.3 Å². The molecule has 2 nitrogen and oxygen atoms in total. The Hall–Kier alpha value is -2.63. The molecule has 1 heterocycles. The fourth-order valence-corrected chi connectivity index (χ4v) is 3.67. The fraction of sp³-hybridized carbons (Fsp3) is 0.143. The number of rotatable bonds is 1. The van der Waals surface area contributed by atoms with Crippen molar-refractivity contribution in [1.29, 1.82) is 5.26 Å². The van der Waals surface area contributed by atoms with Crippen LogP contribution in [-0.2, 0) is 19.3 Å². The predicted octanol–water partition coefficient (Wildman–Crippen LogP) is 4.96. The molecule has 0 radical (unpaired) electrons. The molecule has 0 aliphatic heterocycles. The van der Waals surface area contributed by atoms with E-state index in [4.69, 9.17) is 11.6 Å². The summed E-state index contributed by atoms with van der Waals surface area (Å²) in [5.74, 6) is 0. The smallest absolute Gasteiger partial charge is 0.137 e. The second-order valence-electron chi connectivity index (χ2n) is 6.03. The van der Waals surface area contributed by atoms with Crippen LogP contribution in [0.4, 0.5) is 0 Å². The summed E-state index contributed by atoms with van der Waals surface area (Å²) in [6, 6.07) is 20.5. The third-order valence-corrected chi connectivity index (χ3v) is 4.90. The first-order chi connectivity index (χ1) is 11.8. The highest BCUT2D eigenvalue weighted by Crippen LogP contribution is 2.32. The molecule has 1 aliphatic rings. The first-order valence-electron chi connectivity index (χ1n) is 8.01. The first kappa shape index (κ1) is 14.9. The van der Waals surface area contributed by atoms with Gasteiger partial charge in [0.2, 0.25) is 0 Å². The van der Waals surface area contributed by atoms with Gasteiger partial charge in [0.25, 0.3) is 0 Å². The molecule has 3 heteroatoms. The lowest BCUT2D eigenvalue weighted by molar-refractivity contribution is 0.914. The van der Waals surface area contributed by atoms with Crippen LogP contribution in [0.5, 0.6) is 0 Å². The molecule has 0 amide bonds. The summed E-state index contributed by atoms with van der Waals surface area (Å²) >= 11 is 6.46. The van der Waals surface area contributed by atoms with Crippen LogP contribution in [0.15, 0.2) is 54.6 Å². The summed E-state index contributed by atoms with van der Waals surface area (Å²) in [5.41, 5.74) is 7.43.